The molecule has 1 aliphatic carbocycles. The SMILES string of the molecule is Cc1ccccc1C1=CSC2C(=O)NC(N3CCCC(C(=O)NC4CCCCC4C)C3)NC12. The lowest BCUT2D eigenvalue weighted by molar-refractivity contribution is -0.130. The molecule has 6 nitrogen and oxygen atoms in total. The van der Waals surface area contributed by atoms with Crippen molar-refractivity contribution >= 4 is 29.1 Å². The number of hydrogen-bond acceptors (Lipinski definition) is 5. The highest BCUT2D eigenvalue weighted by Crippen LogP contribution is 2.39. The summed E-state index contributed by atoms with van der Waals surface area (Å²) in [5.41, 5.74) is 3.62. The molecule has 3 N–H and O–H groups in total. The third-order valence-electron chi connectivity index (χ3n) is 7.94. The van der Waals surface area contributed by atoms with Gasteiger partial charge in [0.05, 0.1) is 12.0 Å². The number of piperidine rings is 1. The average Bonchev–Trinajstić information content (AvgIpc) is 3.25. The number of hydrogen-bond donors (Lipinski definition) is 3. The molecule has 2 amide bonds. The zero-order valence-corrected chi connectivity index (χ0v) is 20.5. The molecule has 3 fully saturated rings. The van der Waals surface area contributed by atoms with E-state index in [1.165, 1.54) is 36.0 Å². The van der Waals surface area contributed by atoms with Gasteiger partial charge in [0, 0.05) is 19.1 Å². The lowest BCUT2D eigenvalue weighted by Crippen LogP contribution is -2.69. The topological polar surface area (TPSA) is 73.5 Å². The summed E-state index contributed by atoms with van der Waals surface area (Å²) in [7, 11) is 0. The summed E-state index contributed by atoms with van der Waals surface area (Å²) >= 11 is 1.60. The smallest absolute Gasteiger partial charge is 0.237 e. The van der Waals surface area contributed by atoms with Crippen LogP contribution in [0.3, 0.4) is 0 Å². The Labute approximate surface area is 201 Å². The summed E-state index contributed by atoms with van der Waals surface area (Å²) < 4.78 is 0. The van der Waals surface area contributed by atoms with Crippen LogP contribution in [-0.2, 0) is 9.59 Å². The molecular weight excluding hydrogens is 432 g/mol. The molecule has 6 atom stereocenters. The van der Waals surface area contributed by atoms with Crippen LogP contribution < -0.4 is 16.0 Å². The molecule has 7 heteroatoms. The predicted molar refractivity (Wildman–Crippen MR) is 133 cm³/mol. The normalized spacial score (nSPS) is 34.8. The lowest BCUT2D eigenvalue weighted by Gasteiger charge is -2.44. The molecule has 1 aromatic carbocycles. The number of rotatable bonds is 4. The molecule has 4 aliphatic rings. The molecule has 5 rings (SSSR count). The van der Waals surface area contributed by atoms with Crippen molar-refractivity contribution in [1.82, 2.24) is 20.9 Å². The Morgan fingerprint density at radius 2 is 1.97 bits per heavy atom. The molecule has 0 bridgehead atoms. The number of carbonyl (C=O) groups is 2. The number of nitrogens with one attached hydrogen (secondary N) is 3. The number of benzene rings is 1. The highest BCUT2D eigenvalue weighted by atomic mass is 32.2. The Kier molecular flexibility index (Phi) is 6.81. The fourth-order valence-corrected chi connectivity index (χ4v) is 7.03. The largest absolute Gasteiger partial charge is 0.353 e. The summed E-state index contributed by atoms with van der Waals surface area (Å²) in [4.78, 5) is 28.4. The van der Waals surface area contributed by atoms with Crippen LogP contribution in [0.4, 0.5) is 0 Å². The van der Waals surface area contributed by atoms with Crippen LogP contribution in [-0.4, -0.2) is 53.4 Å². The zero-order chi connectivity index (χ0) is 22.9. The second-order valence-corrected chi connectivity index (χ2v) is 11.2. The minimum Gasteiger partial charge on any atom is -0.353 e. The van der Waals surface area contributed by atoms with Gasteiger partial charge < -0.3 is 10.6 Å². The molecule has 0 spiro atoms. The van der Waals surface area contributed by atoms with E-state index in [1.807, 2.05) is 0 Å². The van der Waals surface area contributed by atoms with Crippen LogP contribution in [0, 0.1) is 18.8 Å². The van der Waals surface area contributed by atoms with Gasteiger partial charge in [-0.05, 0) is 60.6 Å². The van der Waals surface area contributed by atoms with Gasteiger partial charge in [-0.25, -0.2) is 0 Å². The van der Waals surface area contributed by atoms with E-state index in [4.69, 9.17) is 0 Å². The van der Waals surface area contributed by atoms with Crippen molar-refractivity contribution in [1.29, 1.82) is 0 Å². The van der Waals surface area contributed by atoms with Gasteiger partial charge in [0.25, 0.3) is 0 Å². The van der Waals surface area contributed by atoms with Crippen molar-refractivity contribution in [3.8, 4) is 0 Å². The van der Waals surface area contributed by atoms with Gasteiger partial charge in [-0.3, -0.25) is 19.8 Å². The van der Waals surface area contributed by atoms with Crippen molar-refractivity contribution in [2.75, 3.05) is 13.1 Å². The summed E-state index contributed by atoms with van der Waals surface area (Å²) in [5.74, 6) is 0.811. The first kappa shape index (κ1) is 22.9. The van der Waals surface area contributed by atoms with E-state index >= 15 is 0 Å². The maximum absolute atomic E-state index is 13.1. The summed E-state index contributed by atoms with van der Waals surface area (Å²) in [5, 5.41) is 12.2. The van der Waals surface area contributed by atoms with Gasteiger partial charge >= 0.3 is 0 Å². The molecule has 3 heterocycles. The first-order valence-corrected chi connectivity index (χ1v) is 13.5. The van der Waals surface area contributed by atoms with Gasteiger partial charge in [-0.15, -0.1) is 11.8 Å². The molecule has 178 valence electrons. The van der Waals surface area contributed by atoms with Crippen LogP contribution in [0.1, 0.15) is 56.6 Å². The van der Waals surface area contributed by atoms with Gasteiger partial charge in [0.15, 0.2) is 0 Å². The molecule has 1 aromatic rings. The molecule has 0 radical (unpaired) electrons. The standard InChI is InChI=1S/C26H36N4O2S/c1-16-8-3-5-11-19(16)20-15-33-23-22(20)28-26(29-25(23)32)30-13-7-10-18(14-30)24(31)27-21-12-6-4-9-17(21)2/h3,5,8,11,15,17-18,21-23,26,28H,4,6-7,9-10,12-14H2,1-2H3,(H,27,31)(H,29,32). The Balaban J connectivity index is 1.25. The fourth-order valence-electron chi connectivity index (χ4n) is 5.89. The van der Waals surface area contributed by atoms with Crippen LogP contribution in [0.15, 0.2) is 29.7 Å². The Morgan fingerprint density at radius 3 is 2.79 bits per heavy atom. The van der Waals surface area contributed by atoms with E-state index < -0.39 is 0 Å². The number of carbonyl (C=O) groups excluding carboxylic acids is 2. The maximum Gasteiger partial charge on any atom is 0.237 e. The molecule has 33 heavy (non-hydrogen) atoms. The summed E-state index contributed by atoms with van der Waals surface area (Å²) in [6.45, 7) is 5.94. The van der Waals surface area contributed by atoms with Crippen molar-refractivity contribution < 1.29 is 9.59 Å². The summed E-state index contributed by atoms with van der Waals surface area (Å²) in [6, 6.07) is 8.66. The highest BCUT2D eigenvalue weighted by molar-refractivity contribution is 8.04. The van der Waals surface area contributed by atoms with E-state index in [0.29, 0.717) is 18.5 Å². The molecule has 6 unspecified atom stereocenters. The van der Waals surface area contributed by atoms with Crippen molar-refractivity contribution in [2.45, 2.75) is 76.0 Å². The lowest BCUT2D eigenvalue weighted by atomic mass is 9.85. The van der Waals surface area contributed by atoms with E-state index in [0.717, 1.165) is 25.8 Å². The molecule has 1 saturated carbocycles. The predicted octanol–water partition coefficient (Wildman–Crippen LogP) is 3.23. The average molecular weight is 469 g/mol. The van der Waals surface area contributed by atoms with Crippen LogP contribution >= 0.6 is 11.8 Å². The molecule has 2 saturated heterocycles. The van der Waals surface area contributed by atoms with Crippen molar-refractivity contribution in [2.24, 2.45) is 11.8 Å². The Hall–Kier alpha value is -1.83. The second-order valence-electron chi connectivity index (χ2n) is 10.2. The van der Waals surface area contributed by atoms with E-state index in [2.05, 4.69) is 64.4 Å². The molecular formula is C26H36N4O2S. The first-order valence-electron chi connectivity index (χ1n) is 12.5. The number of nitrogens with zero attached hydrogens (tertiary/aromatic N) is 1. The van der Waals surface area contributed by atoms with E-state index in [-0.39, 0.29) is 35.3 Å². The van der Waals surface area contributed by atoms with Crippen LogP contribution in [0.25, 0.3) is 5.57 Å². The third-order valence-corrected chi connectivity index (χ3v) is 9.11. The number of thioether (sulfide) groups is 1. The minimum absolute atomic E-state index is 0.0198. The summed E-state index contributed by atoms with van der Waals surface area (Å²) in [6.07, 6.45) is 6.43. The monoisotopic (exact) mass is 468 g/mol. The third kappa shape index (κ3) is 4.73. The quantitative estimate of drug-likeness (QED) is 0.633. The van der Waals surface area contributed by atoms with Gasteiger partial charge in [-0.2, -0.15) is 0 Å². The molecule has 0 aromatic heterocycles. The maximum atomic E-state index is 13.1. The molecule has 3 aliphatic heterocycles. The van der Waals surface area contributed by atoms with Gasteiger partial charge in [-0.1, -0.05) is 44.0 Å². The van der Waals surface area contributed by atoms with E-state index in [1.54, 1.807) is 11.8 Å². The number of amides is 2. The van der Waals surface area contributed by atoms with E-state index in [9.17, 15) is 9.59 Å². The number of likely N-dealkylation sites (tertiary alicyclic amines) is 1. The minimum atomic E-state index is -0.242. The Morgan fingerprint density at radius 1 is 1.15 bits per heavy atom. The van der Waals surface area contributed by atoms with Crippen LogP contribution in [0.5, 0.6) is 0 Å². The first-order chi connectivity index (χ1) is 16.0. The van der Waals surface area contributed by atoms with Crippen molar-refractivity contribution in [3.63, 3.8) is 0 Å². The van der Waals surface area contributed by atoms with Gasteiger partial charge in [0.2, 0.25) is 11.8 Å². The zero-order valence-electron chi connectivity index (χ0n) is 19.7. The van der Waals surface area contributed by atoms with Gasteiger partial charge in [0.1, 0.15) is 11.5 Å². The number of fused-ring (bicyclic) bond motifs is 1. The fraction of sp³-hybridized carbons (Fsp3) is 0.615. The number of aryl methyl sites for hydroxylation is 1. The van der Waals surface area contributed by atoms with Crippen molar-refractivity contribution in [3.05, 3.63) is 40.8 Å². The highest BCUT2D eigenvalue weighted by Gasteiger charge is 2.44. The second kappa shape index (κ2) is 9.80. The van der Waals surface area contributed by atoms with Crippen LogP contribution in [0.2, 0.25) is 0 Å². The Bertz CT molecular complexity index is 935.